The zero-order valence-electron chi connectivity index (χ0n) is 11.6. The van der Waals surface area contributed by atoms with Crippen LogP contribution in [0.15, 0.2) is 30.3 Å². The number of aryl methyl sites for hydroxylation is 1. The topological polar surface area (TPSA) is 92.8 Å². The number of unbranched alkanes of at least 4 members (excludes halogenated alkanes) is 2. The van der Waals surface area contributed by atoms with Gasteiger partial charge in [-0.25, -0.2) is 4.79 Å². The van der Waals surface area contributed by atoms with E-state index in [1.54, 1.807) is 0 Å². The van der Waals surface area contributed by atoms with Crippen LogP contribution in [0.5, 0.6) is 0 Å². The highest BCUT2D eigenvalue weighted by Crippen LogP contribution is 2.18. The smallest absolute Gasteiger partial charge is 0.404 e. The van der Waals surface area contributed by atoms with Crippen LogP contribution in [0.2, 0.25) is 0 Å². The number of hydrogen-bond donors (Lipinski definition) is 3. The van der Waals surface area contributed by atoms with Crippen LogP contribution < -0.4 is 5.73 Å². The average Bonchev–Trinajstić information content (AvgIpc) is 2.41. The van der Waals surface area contributed by atoms with Crippen LogP contribution in [-0.4, -0.2) is 28.7 Å². The van der Waals surface area contributed by atoms with Crippen molar-refractivity contribution >= 4 is 6.09 Å². The zero-order chi connectivity index (χ0) is 14.8. The van der Waals surface area contributed by atoms with Gasteiger partial charge in [0.05, 0.1) is 6.61 Å². The molecule has 0 fully saturated rings. The van der Waals surface area contributed by atoms with Crippen LogP contribution in [0.25, 0.3) is 0 Å². The second kappa shape index (κ2) is 8.55. The summed E-state index contributed by atoms with van der Waals surface area (Å²) in [5.41, 5.74) is 5.92. The molecule has 0 heterocycles. The first-order valence-corrected chi connectivity index (χ1v) is 6.90. The zero-order valence-corrected chi connectivity index (χ0v) is 11.6. The summed E-state index contributed by atoms with van der Waals surface area (Å²) in [4.78, 5) is 10.3. The van der Waals surface area contributed by atoms with Crippen LogP contribution >= 0.6 is 0 Å². The molecule has 0 unspecified atom stereocenters. The van der Waals surface area contributed by atoms with Crippen LogP contribution in [0.4, 0.5) is 4.79 Å². The molecule has 1 aromatic rings. The monoisotopic (exact) mass is 281 g/mol. The number of hydrogen-bond acceptors (Lipinski definition) is 4. The fourth-order valence-electron chi connectivity index (χ4n) is 1.97. The van der Waals surface area contributed by atoms with E-state index in [4.69, 9.17) is 5.73 Å². The first-order chi connectivity index (χ1) is 9.49. The number of rotatable bonds is 9. The van der Waals surface area contributed by atoms with E-state index in [0.29, 0.717) is 32.1 Å². The summed E-state index contributed by atoms with van der Waals surface area (Å²) >= 11 is 0. The predicted molar refractivity (Wildman–Crippen MR) is 75.9 cm³/mol. The number of ether oxygens (including phenoxy) is 1. The minimum Gasteiger partial charge on any atom is -0.450 e. The first kappa shape index (κ1) is 16.5. The Morgan fingerprint density at radius 3 is 2.45 bits per heavy atom. The van der Waals surface area contributed by atoms with Crippen LogP contribution in [0, 0.1) is 0 Å². The van der Waals surface area contributed by atoms with Crippen molar-refractivity contribution in [1.82, 2.24) is 0 Å². The summed E-state index contributed by atoms with van der Waals surface area (Å²) in [5, 5.41) is 19.7. The van der Waals surface area contributed by atoms with Gasteiger partial charge >= 0.3 is 6.09 Å². The van der Waals surface area contributed by atoms with Gasteiger partial charge in [0.2, 0.25) is 0 Å². The molecule has 1 rings (SSSR count). The van der Waals surface area contributed by atoms with Gasteiger partial charge in [-0.3, -0.25) is 0 Å². The second-order valence-electron chi connectivity index (χ2n) is 4.95. The summed E-state index contributed by atoms with van der Waals surface area (Å²) in [5.74, 6) is -1.64. The van der Waals surface area contributed by atoms with Crippen molar-refractivity contribution in [2.24, 2.45) is 5.73 Å². The lowest BCUT2D eigenvalue weighted by Crippen LogP contribution is -2.28. The molecule has 112 valence electrons. The maximum atomic E-state index is 10.3. The SMILES string of the molecule is NC(=O)OCCCCCC(O)(O)CCc1ccccc1. The summed E-state index contributed by atoms with van der Waals surface area (Å²) in [7, 11) is 0. The van der Waals surface area contributed by atoms with Gasteiger partial charge in [-0.05, 0) is 31.2 Å². The van der Waals surface area contributed by atoms with E-state index >= 15 is 0 Å². The largest absolute Gasteiger partial charge is 0.450 e. The molecule has 20 heavy (non-hydrogen) atoms. The Balaban J connectivity index is 2.13. The van der Waals surface area contributed by atoms with Gasteiger partial charge in [0.15, 0.2) is 5.79 Å². The van der Waals surface area contributed by atoms with Gasteiger partial charge in [0.25, 0.3) is 0 Å². The van der Waals surface area contributed by atoms with Crippen molar-refractivity contribution < 1.29 is 19.7 Å². The first-order valence-electron chi connectivity index (χ1n) is 6.90. The Morgan fingerprint density at radius 1 is 1.10 bits per heavy atom. The van der Waals surface area contributed by atoms with Crippen molar-refractivity contribution in [3.63, 3.8) is 0 Å². The van der Waals surface area contributed by atoms with Gasteiger partial charge in [0, 0.05) is 12.8 Å². The van der Waals surface area contributed by atoms with Gasteiger partial charge < -0.3 is 20.7 Å². The molecule has 1 aromatic carbocycles. The second-order valence-corrected chi connectivity index (χ2v) is 4.95. The summed E-state index contributed by atoms with van der Waals surface area (Å²) < 4.78 is 4.59. The number of amides is 1. The fourth-order valence-corrected chi connectivity index (χ4v) is 1.97. The van der Waals surface area contributed by atoms with Gasteiger partial charge in [0.1, 0.15) is 0 Å². The molecule has 0 aliphatic heterocycles. The Kier molecular flexibility index (Phi) is 7.04. The molecule has 0 saturated heterocycles. The van der Waals surface area contributed by atoms with Crippen molar-refractivity contribution in [2.75, 3.05) is 6.61 Å². The lowest BCUT2D eigenvalue weighted by molar-refractivity contribution is -0.170. The third-order valence-corrected chi connectivity index (χ3v) is 3.12. The fraction of sp³-hybridized carbons (Fsp3) is 0.533. The number of nitrogens with two attached hydrogens (primary N) is 1. The molecule has 0 spiro atoms. The highest BCUT2D eigenvalue weighted by atomic mass is 16.5. The molecule has 4 N–H and O–H groups in total. The molecule has 0 aliphatic carbocycles. The summed E-state index contributed by atoms with van der Waals surface area (Å²) in [6.45, 7) is 0.281. The molecule has 0 aromatic heterocycles. The Labute approximate surface area is 119 Å². The van der Waals surface area contributed by atoms with Crippen LogP contribution in [0.3, 0.4) is 0 Å². The Bertz CT molecular complexity index is 392. The standard InChI is InChI=1S/C15H23NO4/c16-14(17)20-12-6-2-5-10-15(18,19)11-9-13-7-3-1-4-8-13/h1,3-4,7-8,18-19H,2,5-6,9-12H2,(H2,16,17). The highest BCUT2D eigenvalue weighted by Gasteiger charge is 2.21. The minimum absolute atomic E-state index is 0.281. The molecule has 5 nitrogen and oxygen atoms in total. The molecule has 1 amide bonds. The molecule has 0 bridgehead atoms. The molecule has 0 atom stereocenters. The summed E-state index contributed by atoms with van der Waals surface area (Å²) in [6, 6.07) is 9.74. The van der Waals surface area contributed by atoms with E-state index in [1.807, 2.05) is 30.3 Å². The molecular formula is C15H23NO4. The van der Waals surface area contributed by atoms with Crippen molar-refractivity contribution in [3.05, 3.63) is 35.9 Å². The summed E-state index contributed by atoms with van der Waals surface area (Å²) in [6.07, 6.45) is 2.61. The number of primary amides is 1. The Hall–Kier alpha value is -1.59. The predicted octanol–water partition coefficient (Wildman–Crippen LogP) is 1.96. The number of carbonyl (C=O) groups excluding carboxylic acids is 1. The van der Waals surface area contributed by atoms with E-state index < -0.39 is 11.9 Å². The van der Waals surface area contributed by atoms with E-state index in [0.717, 1.165) is 12.0 Å². The maximum Gasteiger partial charge on any atom is 0.404 e. The Morgan fingerprint density at radius 2 is 1.80 bits per heavy atom. The van der Waals surface area contributed by atoms with E-state index in [9.17, 15) is 15.0 Å². The van der Waals surface area contributed by atoms with Gasteiger partial charge in [-0.2, -0.15) is 0 Å². The van der Waals surface area contributed by atoms with E-state index in [2.05, 4.69) is 4.74 Å². The maximum absolute atomic E-state index is 10.3. The highest BCUT2D eigenvalue weighted by molar-refractivity contribution is 5.64. The molecule has 0 radical (unpaired) electrons. The van der Waals surface area contributed by atoms with Gasteiger partial charge in [-0.1, -0.05) is 30.3 Å². The third-order valence-electron chi connectivity index (χ3n) is 3.12. The lowest BCUT2D eigenvalue weighted by Gasteiger charge is -2.21. The minimum atomic E-state index is -1.64. The van der Waals surface area contributed by atoms with E-state index in [-0.39, 0.29) is 6.61 Å². The number of aliphatic hydroxyl groups is 2. The van der Waals surface area contributed by atoms with Crippen LogP contribution in [-0.2, 0) is 11.2 Å². The molecular weight excluding hydrogens is 258 g/mol. The third kappa shape index (κ3) is 7.76. The number of carbonyl (C=O) groups is 1. The molecule has 0 aliphatic rings. The molecule has 0 saturated carbocycles. The lowest BCUT2D eigenvalue weighted by atomic mass is 9.99. The van der Waals surface area contributed by atoms with E-state index in [1.165, 1.54) is 0 Å². The average molecular weight is 281 g/mol. The number of benzene rings is 1. The van der Waals surface area contributed by atoms with Crippen molar-refractivity contribution in [2.45, 2.75) is 44.3 Å². The normalized spacial score (nSPS) is 11.3. The molecule has 5 heteroatoms. The quantitative estimate of drug-likeness (QED) is 0.476. The van der Waals surface area contributed by atoms with Crippen molar-refractivity contribution in [1.29, 1.82) is 0 Å². The van der Waals surface area contributed by atoms with Gasteiger partial charge in [-0.15, -0.1) is 0 Å². The van der Waals surface area contributed by atoms with Crippen LogP contribution in [0.1, 0.15) is 37.7 Å². The van der Waals surface area contributed by atoms with Crippen molar-refractivity contribution in [3.8, 4) is 0 Å².